The number of hydrogen-bond acceptors (Lipinski definition) is 8. The van der Waals surface area contributed by atoms with Crippen LogP contribution in [0.25, 0.3) is 27.4 Å². The number of imidazole rings is 1. The third kappa shape index (κ3) is 4.81. The molecule has 0 bridgehead atoms. The normalized spacial score (nSPS) is 11.2. The summed E-state index contributed by atoms with van der Waals surface area (Å²) in [5, 5.41) is 5.73. The first-order chi connectivity index (χ1) is 18.2. The molecule has 0 saturated heterocycles. The van der Waals surface area contributed by atoms with Crippen LogP contribution in [-0.2, 0) is 13.2 Å². The Labute approximate surface area is 216 Å². The maximum absolute atomic E-state index is 6.21. The molecule has 0 atom stereocenters. The van der Waals surface area contributed by atoms with E-state index in [1.807, 2.05) is 79.0 Å². The molecule has 0 spiro atoms. The third-order valence-electron chi connectivity index (χ3n) is 5.78. The molecule has 6 rings (SSSR count). The van der Waals surface area contributed by atoms with Crippen LogP contribution in [0.1, 0.15) is 11.1 Å². The molecule has 3 aromatic heterocycles. The fourth-order valence-electron chi connectivity index (χ4n) is 3.96. The number of aromatic nitrogens is 3. The van der Waals surface area contributed by atoms with Gasteiger partial charge < -0.3 is 23.4 Å². The van der Waals surface area contributed by atoms with E-state index in [1.54, 1.807) is 18.7 Å². The van der Waals surface area contributed by atoms with Crippen molar-refractivity contribution in [2.24, 2.45) is 0 Å². The molecule has 0 fully saturated rings. The van der Waals surface area contributed by atoms with Crippen molar-refractivity contribution >= 4 is 27.3 Å². The number of rotatable bonds is 9. The molecule has 0 aliphatic rings. The van der Waals surface area contributed by atoms with E-state index in [0.717, 1.165) is 27.2 Å². The van der Waals surface area contributed by atoms with E-state index in [1.165, 1.54) is 11.3 Å². The van der Waals surface area contributed by atoms with E-state index in [4.69, 9.17) is 23.4 Å². The molecule has 0 N–H and O–H groups in total. The molecule has 6 aromatic rings. The molecular formula is C28H23N3O5S. The van der Waals surface area contributed by atoms with E-state index in [2.05, 4.69) is 10.1 Å². The van der Waals surface area contributed by atoms with Crippen molar-refractivity contribution < 1.29 is 23.4 Å². The fourth-order valence-corrected chi connectivity index (χ4v) is 4.66. The van der Waals surface area contributed by atoms with Crippen LogP contribution in [0.15, 0.2) is 83.4 Å². The van der Waals surface area contributed by atoms with Gasteiger partial charge in [-0.15, -0.1) is 5.10 Å². The topological polar surface area (TPSA) is 80.2 Å². The van der Waals surface area contributed by atoms with Crippen molar-refractivity contribution in [1.82, 2.24) is 14.6 Å². The van der Waals surface area contributed by atoms with Crippen LogP contribution >= 0.6 is 11.3 Å². The summed E-state index contributed by atoms with van der Waals surface area (Å²) in [6.07, 6.45) is 1.81. The number of fused-ring (bicyclic) bond motifs is 2. The second kappa shape index (κ2) is 9.87. The molecule has 0 saturated carbocycles. The number of benzene rings is 3. The van der Waals surface area contributed by atoms with E-state index in [-0.39, 0.29) is 0 Å². The zero-order valence-electron chi connectivity index (χ0n) is 20.2. The molecule has 0 aliphatic carbocycles. The molecule has 0 aliphatic heterocycles. The van der Waals surface area contributed by atoms with Crippen LogP contribution in [0.5, 0.6) is 22.4 Å². The summed E-state index contributed by atoms with van der Waals surface area (Å²) in [5.41, 5.74) is 3.38. The first kappa shape index (κ1) is 22.9. The number of furan rings is 1. The van der Waals surface area contributed by atoms with Crippen LogP contribution < -0.4 is 18.9 Å². The van der Waals surface area contributed by atoms with E-state index in [0.29, 0.717) is 46.9 Å². The van der Waals surface area contributed by atoms with Gasteiger partial charge in [0.05, 0.1) is 20.4 Å². The number of ether oxygens (including phenoxy) is 4. The Morgan fingerprint density at radius 1 is 0.838 bits per heavy atom. The predicted octanol–water partition coefficient (Wildman–Crippen LogP) is 6.38. The summed E-state index contributed by atoms with van der Waals surface area (Å²) >= 11 is 1.36. The highest BCUT2D eigenvalue weighted by Crippen LogP contribution is 2.37. The number of hydrogen-bond donors (Lipinski definition) is 0. The summed E-state index contributed by atoms with van der Waals surface area (Å²) < 4.78 is 30.7. The summed E-state index contributed by atoms with van der Waals surface area (Å²) in [4.78, 5) is 5.34. The van der Waals surface area contributed by atoms with Crippen LogP contribution in [0.3, 0.4) is 0 Å². The highest BCUT2D eigenvalue weighted by molar-refractivity contribution is 7.18. The SMILES string of the molecule is COc1cc(OCc2cccc(OCc3ccccc3)c2)c2oc(-c3cn4nc(OC)sc4n3)cc2c1. The first-order valence-electron chi connectivity index (χ1n) is 11.6. The van der Waals surface area contributed by atoms with Gasteiger partial charge in [0.1, 0.15) is 30.4 Å². The van der Waals surface area contributed by atoms with Crippen LogP contribution in [0, 0.1) is 0 Å². The highest BCUT2D eigenvalue weighted by atomic mass is 32.1. The molecule has 0 unspecified atom stereocenters. The number of methoxy groups -OCH3 is 2. The maximum atomic E-state index is 6.21. The Morgan fingerprint density at radius 2 is 1.68 bits per heavy atom. The molecule has 186 valence electrons. The Morgan fingerprint density at radius 3 is 2.49 bits per heavy atom. The third-order valence-corrected chi connectivity index (χ3v) is 6.67. The van der Waals surface area contributed by atoms with Crippen molar-refractivity contribution in [2.45, 2.75) is 13.2 Å². The highest BCUT2D eigenvalue weighted by Gasteiger charge is 2.17. The summed E-state index contributed by atoms with van der Waals surface area (Å²) in [6, 6.07) is 23.6. The Kier molecular flexibility index (Phi) is 6.11. The Balaban J connectivity index is 1.23. The van der Waals surface area contributed by atoms with Gasteiger partial charge in [-0.25, -0.2) is 9.50 Å². The maximum Gasteiger partial charge on any atom is 0.294 e. The molecule has 3 heterocycles. The van der Waals surface area contributed by atoms with Gasteiger partial charge in [-0.05, 0) is 46.7 Å². The number of nitrogens with zero attached hydrogens (tertiary/aromatic N) is 3. The first-order valence-corrected chi connectivity index (χ1v) is 12.4. The lowest BCUT2D eigenvalue weighted by Crippen LogP contribution is -1.99. The average Bonchev–Trinajstić information content (AvgIpc) is 3.64. The van der Waals surface area contributed by atoms with E-state index >= 15 is 0 Å². The zero-order valence-corrected chi connectivity index (χ0v) is 21.0. The minimum absolute atomic E-state index is 0.338. The molecule has 0 amide bonds. The van der Waals surface area contributed by atoms with Gasteiger partial charge in [0.25, 0.3) is 5.19 Å². The standard InChI is InChI=1S/C28H23N3O5S/c1-32-22-12-20-13-24(23-15-31-27(29-23)37-28(30-31)33-2)36-26(20)25(14-22)35-17-19-9-6-10-21(11-19)34-16-18-7-4-3-5-8-18/h3-15H,16-17H2,1-2H3. The van der Waals surface area contributed by atoms with Crippen molar-refractivity contribution in [2.75, 3.05) is 14.2 Å². The lowest BCUT2D eigenvalue weighted by Gasteiger charge is -2.11. The molecule has 37 heavy (non-hydrogen) atoms. The van der Waals surface area contributed by atoms with Crippen LogP contribution in [0.4, 0.5) is 0 Å². The molecule has 0 radical (unpaired) electrons. The van der Waals surface area contributed by atoms with Gasteiger partial charge in [-0.1, -0.05) is 42.5 Å². The monoisotopic (exact) mass is 513 g/mol. The minimum Gasteiger partial charge on any atom is -0.497 e. The van der Waals surface area contributed by atoms with Gasteiger partial charge in [-0.3, -0.25) is 0 Å². The fraction of sp³-hybridized carbons (Fsp3) is 0.143. The van der Waals surface area contributed by atoms with E-state index < -0.39 is 0 Å². The molecule has 3 aromatic carbocycles. The smallest absolute Gasteiger partial charge is 0.294 e. The summed E-state index contributed by atoms with van der Waals surface area (Å²) in [7, 11) is 3.21. The van der Waals surface area contributed by atoms with Crippen molar-refractivity contribution in [1.29, 1.82) is 0 Å². The van der Waals surface area contributed by atoms with Crippen LogP contribution in [-0.4, -0.2) is 28.8 Å². The lowest BCUT2D eigenvalue weighted by molar-refractivity contribution is 0.294. The second-order valence-corrected chi connectivity index (χ2v) is 9.21. The van der Waals surface area contributed by atoms with Gasteiger partial charge >= 0.3 is 0 Å². The Hall–Kier alpha value is -4.50. The van der Waals surface area contributed by atoms with Crippen molar-refractivity contribution in [3.05, 3.63) is 90.1 Å². The van der Waals surface area contributed by atoms with Crippen molar-refractivity contribution in [3.8, 4) is 33.9 Å². The second-order valence-electron chi connectivity index (χ2n) is 8.29. The van der Waals surface area contributed by atoms with Gasteiger partial charge in [-0.2, -0.15) is 0 Å². The predicted molar refractivity (Wildman–Crippen MR) is 141 cm³/mol. The van der Waals surface area contributed by atoms with E-state index in [9.17, 15) is 0 Å². The van der Waals surface area contributed by atoms with Crippen molar-refractivity contribution in [3.63, 3.8) is 0 Å². The van der Waals surface area contributed by atoms with Gasteiger partial charge in [0.15, 0.2) is 17.1 Å². The largest absolute Gasteiger partial charge is 0.497 e. The summed E-state index contributed by atoms with van der Waals surface area (Å²) in [6.45, 7) is 0.843. The quantitative estimate of drug-likeness (QED) is 0.222. The minimum atomic E-state index is 0.338. The average molecular weight is 514 g/mol. The Bertz CT molecular complexity index is 1640. The summed E-state index contributed by atoms with van der Waals surface area (Å²) in [5.74, 6) is 2.65. The molecule has 8 nitrogen and oxygen atoms in total. The molecule has 9 heteroatoms. The lowest BCUT2D eigenvalue weighted by atomic mass is 10.2. The van der Waals surface area contributed by atoms with Crippen LogP contribution in [0.2, 0.25) is 0 Å². The van der Waals surface area contributed by atoms with Gasteiger partial charge in [0, 0.05) is 11.5 Å². The van der Waals surface area contributed by atoms with Gasteiger partial charge in [0.2, 0.25) is 4.96 Å². The molecular weight excluding hydrogens is 490 g/mol. The zero-order chi connectivity index (χ0) is 25.2.